The number of hydrogen-bond acceptors (Lipinski definition) is 4. The lowest BCUT2D eigenvalue weighted by molar-refractivity contribution is -0.131. The topological polar surface area (TPSA) is 86.1 Å². The zero-order valence-corrected chi connectivity index (χ0v) is 15.0. The highest BCUT2D eigenvalue weighted by molar-refractivity contribution is 9.10. The van der Waals surface area contributed by atoms with Gasteiger partial charge in [0.05, 0.1) is 30.2 Å². The molecular formula is C17H13BrF2N4O2. The monoisotopic (exact) mass is 422 g/mol. The molecule has 1 aromatic carbocycles. The van der Waals surface area contributed by atoms with Crippen LogP contribution in [0.4, 0.5) is 8.78 Å². The van der Waals surface area contributed by atoms with Crippen molar-refractivity contribution in [2.75, 3.05) is 13.1 Å². The Morgan fingerprint density at radius 3 is 2.92 bits per heavy atom. The maximum absolute atomic E-state index is 13.4. The number of nitrogens with one attached hydrogen (secondary N) is 1. The largest absolute Gasteiger partial charge is 0.343 e. The molecule has 3 rings (SSSR count). The minimum atomic E-state index is -3.09. The van der Waals surface area contributed by atoms with E-state index in [0.29, 0.717) is 20.9 Å². The SMILES string of the molecule is N#C[C@@H]1CC(F)(F)CN1C(=O)CNC(=O)c1ccnc2cccc(Br)c12. The van der Waals surface area contributed by atoms with Crippen LogP contribution in [0.2, 0.25) is 0 Å². The lowest BCUT2D eigenvalue weighted by atomic mass is 10.1. The minimum absolute atomic E-state index is 0.304. The number of halogens is 3. The third-order valence-corrected chi connectivity index (χ3v) is 4.76. The summed E-state index contributed by atoms with van der Waals surface area (Å²) in [7, 11) is 0. The predicted octanol–water partition coefficient (Wildman–Crippen LogP) is 2.49. The number of nitriles is 1. The van der Waals surface area contributed by atoms with E-state index in [-0.39, 0.29) is 0 Å². The van der Waals surface area contributed by atoms with Crippen LogP contribution < -0.4 is 5.32 Å². The van der Waals surface area contributed by atoms with Gasteiger partial charge in [-0.15, -0.1) is 0 Å². The second kappa shape index (κ2) is 6.96. The maximum atomic E-state index is 13.4. The molecule has 0 radical (unpaired) electrons. The predicted molar refractivity (Wildman–Crippen MR) is 92.5 cm³/mol. The number of aromatic nitrogens is 1. The first-order valence-electron chi connectivity index (χ1n) is 7.71. The number of benzene rings is 1. The van der Waals surface area contributed by atoms with Gasteiger partial charge in [-0.2, -0.15) is 5.26 Å². The van der Waals surface area contributed by atoms with Crippen molar-refractivity contribution in [3.63, 3.8) is 0 Å². The van der Waals surface area contributed by atoms with Crippen LogP contribution in [0.15, 0.2) is 34.9 Å². The Morgan fingerprint density at radius 1 is 1.42 bits per heavy atom. The standard InChI is InChI=1S/C17H13BrF2N4O2/c18-12-2-1-3-13-15(12)11(4-5-22-13)16(26)23-8-14(25)24-9-17(19,20)6-10(24)7-21/h1-5,10H,6,8-9H2,(H,23,26)/t10-/m0/s1. The Kier molecular flexibility index (Phi) is 4.87. The molecule has 0 spiro atoms. The summed E-state index contributed by atoms with van der Waals surface area (Å²) in [5.41, 5.74) is 0.904. The summed E-state index contributed by atoms with van der Waals surface area (Å²) in [6, 6.07) is 7.30. The Hall–Kier alpha value is -2.60. The third-order valence-electron chi connectivity index (χ3n) is 4.10. The van der Waals surface area contributed by atoms with Gasteiger partial charge < -0.3 is 10.2 Å². The number of carbonyl (C=O) groups is 2. The zero-order chi connectivity index (χ0) is 18.9. The van der Waals surface area contributed by atoms with E-state index in [1.165, 1.54) is 12.3 Å². The number of likely N-dealkylation sites (tertiary alicyclic amines) is 1. The molecule has 1 fully saturated rings. The minimum Gasteiger partial charge on any atom is -0.343 e. The summed E-state index contributed by atoms with van der Waals surface area (Å²) >= 11 is 3.37. The number of amides is 2. The van der Waals surface area contributed by atoms with Gasteiger partial charge in [0.2, 0.25) is 5.91 Å². The summed E-state index contributed by atoms with van der Waals surface area (Å²) in [5.74, 6) is -4.34. The van der Waals surface area contributed by atoms with Crippen LogP contribution in [0.5, 0.6) is 0 Å². The number of fused-ring (bicyclic) bond motifs is 1. The number of carbonyl (C=O) groups excluding carboxylic acids is 2. The van der Waals surface area contributed by atoms with E-state index in [2.05, 4.69) is 26.2 Å². The summed E-state index contributed by atoms with van der Waals surface area (Å²) in [5, 5.41) is 12.0. The summed E-state index contributed by atoms with van der Waals surface area (Å²) in [6.07, 6.45) is 0.781. The average molecular weight is 423 g/mol. The number of pyridine rings is 1. The molecule has 1 aliphatic heterocycles. The first kappa shape index (κ1) is 18.2. The van der Waals surface area contributed by atoms with Gasteiger partial charge in [-0.3, -0.25) is 14.6 Å². The molecule has 134 valence electrons. The Labute approximate surface area is 155 Å². The summed E-state index contributed by atoms with van der Waals surface area (Å²) in [6.45, 7) is -1.29. The van der Waals surface area contributed by atoms with Gasteiger partial charge in [-0.25, -0.2) is 8.78 Å². The smallest absolute Gasteiger partial charge is 0.268 e. The Morgan fingerprint density at radius 2 is 2.19 bits per heavy atom. The molecule has 2 heterocycles. The first-order valence-corrected chi connectivity index (χ1v) is 8.50. The molecule has 0 unspecified atom stereocenters. The fourth-order valence-corrected chi connectivity index (χ4v) is 3.47. The molecule has 1 aromatic heterocycles. The van der Waals surface area contributed by atoms with Gasteiger partial charge >= 0.3 is 0 Å². The Balaban J connectivity index is 1.74. The van der Waals surface area contributed by atoms with E-state index in [0.717, 1.165) is 4.90 Å². The molecule has 0 bridgehead atoms. The van der Waals surface area contributed by atoms with Crippen LogP contribution in [0.25, 0.3) is 10.9 Å². The molecule has 0 saturated carbocycles. The molecule has 1 N–H and O–H groups in total. The van der Waals surface area contributed by atoms with E-state index in [4.69, 9.17) is 5.26 Å². The van der Waals surface area contributed by atoms with Gasteiger partial charge in [0.15, 0.2) is 0 Å². The molecule has 2 aromatic rings. The summed E-state index contributed by atoms with van der Waals surface area (Å²) < 4.78 is 27.5. The number of alkyl halides is 2. The van der Waals surface area contributed by atoms with Crippen molar-refractivity contribution in [1.29, 1.82) is 5.26 Å². The van der Waals surface area contributed by atoms with Crippen LogP contribution in [-0.4, -0.2) is 46.8 Å². The van der Waals surface area contributed by atoms with E-state index in [1.807, 2.05) is 0 Å². The van der Waals surface area contributed by atoms with E-state index >= 15 is 0 Å². The second-order valence-corrected chi connectivity index (χ2v) is 6.76. The number of rotatable bonds is 3. The molecule has 2 amide bonds. The van der Waals surface area contributed by atoms with Gasteiger partial charge in [-0.05, 0) is 18.2 Å². The number of nitrogens with zero attached hydrogens (tertiary/aromatic N) is 3. The quantitative estimate of drug-likeness (QED) is 0.822. The zero-order valence-electron chi connectivity index (χ0n) is 13.4. The van der Waals surface area contributed by atoms with Crippen molar-refractivity contribution in [3.05, 3.63) is 40.5 Å². The molecule has 1 aliphatic rings. The first-order chi connectivity index (χ1) is 12.3. The molecule has 26 heavy (non-hydrogen) atoms. The second-order valence-electron chi connectivity index (χ2n) is 5.90. The third kappa shape index (κ3) is 3.51. The van der Waals surface area contributed by atoms with Crippen LogP contribution in [0.3, 0.4) is 0 Å². The van der Waals surface area contributed by atoms with Crippen molar-refractivity contribution in [1.82, 2.24) is 15.2 Å². The Bertz CT molecular complexity index is 923. The van der Waals surface area contributed by atoms with Gasteiger partial charge in [0.25, 0.3) is 11.8 Å². The fraction of sp³-hybridized carbons (Fsp3) is 0.294. The highest BCUT2D eigenvalue weighted by atomic mass is 79.9. The van der Waals surface area contributed by atoms with Gasteiger partial charge in [0, 0.05) is 22.5 Å². The van der Waals surface area contributed by atoms with Crippen molar-refractivity contribution in [2.45, 2.75) is 18.4 Å². The lowest BCUT2D eigenvalue weighted by Crippen LogP contribution is -2.43. The van der Waals surface area contributed by atoms with Gasteiger partial charge in [0.1, 0.15) is 6.04 Å². The van der Waals surface area contributed by atoms with E-state index < -0.39 is 43.3 Å². The normalized spacial score (nSPS) is 18.5. The van der Waals surface area contributed by atoms with Crippen molar-refractivity contribution >= 4 is 38.6 Å². The molecule has 1 saturated heterocycles. The van der Waals surface area contributed by atoms with Crippen LogP contribution in [0.1, 0.15) is 16.8 Å². The van der Waals surface area contributed by atoms with Crippen LogP contribution in [-0.2, 0) is 4.79 Å². The van der Waals surface area contributed by atoms with Crippen molar-refractivity contribution < 1.29 is 18.4 Å². The number of hydrogen-bond donors (Lipinski definition) is 1. The lowest BCUT2D eigenvalue weighted by Gasteiger charge is -2.19. The fourth-order valence-electron chi connectivity index (χ4n) is 2.90. The highest BCUT2D eigenvalue weighted by Crippen LogP contribution is 2.31. The van der Waals surface area contributed by atoms with Crippen LogP contribution in [0, 0.1) is 11.3 Å². The van der Waals surface area contributed by atoms with Crippen molar-refractivity contribution in [2.24, 2.45) is 0 Å². The van der Waals surface area contributed by atoms with Gasteiger partial charge in [-0.1, -0.05) is 22.0 Å². The van der Waals surface area contributed by atoms with Crippen LogP contribution >= 0.6 is 15.9 Å². The highest BCUT2D eigenvalue weighted by Gasteiger charge is 2.47. The maximum Gasteiger partial charge on any atom is 0.268 e. The molecule has 0 aliphatic carbocycles. The molecule has 6 nitrogen and oxygen atoms in total. The molecule has 9 heteroatoms. The van der Waals surface area contributed by atoms with Crippen molar-refractivity contribution in [3.8, 4) is 6.07 Å². The van der Waals surface area contributed by atoms with E-state index in [1.54, 1.807) is 24.3 Å². The molecule has 1 atom stereocenters. The molecular weight excluding hydrogens is 410 g/mol. The summed E-state index contributed by atoms with van der Waals surface area (Å²) in [4.78, 5) is 29.6. The van der Waals surface area contributed by atoms with E-state index in [9.17, 15) is 18.4 Å². The average Bonchev–Trinajstić information content (AvgIpc) is 2.94.